The van der Waals surface area contributed by atoms with Crippen molar-refractivity contribution in [2.75, 3.05) is 26.0 Å². The van der Waals surface area contributed by atoms with E-state index in [0.29, 0.717) is 36.3 Å². The second-order valence-corrected chi connectivity index (χ2v) is 5.34. The van der Waals surface area contributed by atoms with Crippen LogP contribution in [0, 0.1) is 0 Å². The Kier molecular flexibility index (Phi) is 5.87. The third kappa shape index (κ3) is 4.63. The molecule has 3 N–H and O–H groups in total. The largest absolute Gasteiger partial charge is 0.495 e. The Morgan fingerprint density at radius 3 is 2.81 bits per heavy atom. The van der Waals surface area contributed by atoms with Gasteiger partial charge in [0.15, 0.2) is 0 Å². The van der Waals surface area contributed by atoms with Gasteiger partial charge in [-0.1, -0.05) is 19.3 Å². The minimum atomic E-state index is -0.138. The number of hydrogen-bond acceptors (Lipinski definition) is 4. The molecule has 1 saturated carbocycles. The number of rotatable bonds is 6. The molecule has 1 fully saturated rings. The number of nitrogen functional groups attached to an aromatic ring is 1. The molecule has 21 heavy (non-hydrogen) atoms. The van der Waals surface area contributed by atoms with Gasteiger partial charge in [-0.05, 0) is 31.0 Å². The molecule has 1 aromatic rings. The molecule has 0 heterocycles. The second kappa shape index (κ2) is 7.88. The first-order chi connectivity index (χ1) is 10.2. The monoisotopic (exact) mass is 292 g/mol. The van der Waals surface area contributed by atoms with Crippen LogP contribution >= 0.6 is 0 Å². The molecule has 0 radical (unpaired) electrons. The summed E-state index contributed by atoms with van der Waals surface area (Å²) in [5.41, 5.74) is 6.79. The van der Waals surface area contributed by atoms with Crippen LogP contribution in [-0.4, -0.2) is 32.3 Å². The number of hydrogen-bond donors (Lipinski definition) is 2. The van der Waals surface area contributed by atoms with E-state index in [1.807, 2.05) is 0 Å². The van der Waals surface area contributed by atoms with Gasteiger partial charge in [0.25, 0.3) is 5.91 Å². The van der Waals surface area contributed by atoms with Crippen molar-refractivity contribution in [1.29, 1.82) is 0 Å². The van der Waals surface area contributed by atoms with Crippen LogP contribution in [0.2, 0.25) is 0 Å². The molecule has 1 aliphatic carbocycles. The number of carbonyl (C=O) groups excluding carboxylic acids is 1. The number of anilines is 1. The van der Waals surface area contributed by atoms with Crippen LogP contribution in [0.15, 0.2) is 18.2 Å². The zero-order chi connectivity index (χ0) is 15.1. The Hall–Kier alpha value is -1.75. The highest BCUT2D eigenvalue weighted by molar-refractivity contribution is 5.95. The first-order valence-electron chi connectivity index (χ1n) is 7.54. The van der Waals surface area contributed by atoms with Gasteiger partial charge in [-0.15, -0.1) is 0 Å². The summed E-state index contributed by atoms with van der Waals surface area (Å²) in [6, 6.07) is 5.01. The Morgan fingerprint density at radius 1 is 1.33 bits per heavy atom. The topological polar surface area (TPSA) is 73.6 Å². The number of nitrogens with one attached hydrogen (secondary N) is 1. The van der Waals surface area contributed by atoms with Gasteiger partial charge in [-0.2, -0.15) is 0 Å². The second-order valence-electron chi connectivity index (χ2n) is 5.34. The molecule has 2 rings (SSSR count). The minimum absolute atomic E-state index is 0.138. The van der Waals surface area contributed by atoms with E-state index in [1.54, 1.807) is 18.2 Å². The molecule has 0 spiro atoms. The van der Waals surface area contributed by atoms with Crippen molar-refractivity contribution in [1.82, 2.24) is 5.32 Å². The number of amides is 1. The highest BCUT2D eigenvalue weighted by atomic mass is 16.5. The molecule has 0 atom stereocenters. The van der Waals surface area contributed by atoms with Crippen LogP contribution in [0.5, 0.6) is 5.75 Å². The Bertz CT molecular complexity index is 471. The average Bonchev–Trinajstić information content (AvgIpc) is 2.53. The van der Waals surface area contributed by atoms with Crippen LogP contribution in [0.1, 0.15) is 42.5 Å². The fraction of sp³-hybridized carbons (Fsp3) is 0.562. The molecule has 1 aromatic carbocycles. The van der Waals surface area contributed by atoms with E-state index in [-0.39, 0.29) is 5.91 Å². The Labute approximate surface area is 125 Å². The number of benzene rings is 1. The highest BCUT2D eigenvalue weighted by Gasteiger charge is 2.13. The number of nitrogens with two attached hydrogens (primary N) is 1. The van der Waals surface area contributed by atoms with Crippen molar-refractivity contribution in [3.05, 3.63) is 23.8 Å². The number of methoxy groups -OCH3 is 1. The summed E-state index contributed by atoms with van der Waals surface area (Å²) >= 11 is 0. The Morgan fingerprint density at radius 2 is 2.10 bits per heavy atom. The van der Waals surface area contributed by atoms with E-state index in [0.717, 1.165) is 12.8 Å². The maximum Gasteiger partial charge on any atom is 0.251 e. The minimum Gasteiger partial charge on any atom is -0.495 e. The molecule has 0 saturated heterocycles. The average molecular weight is 292 g/mol. The van der Waals surface area contributed by atoms with Crippen LogP contribution < -0.4 is 15.8 Å². The van der Waals surface area contributed by atoms with Crippen LogP contribution in [0.4, 0.5) is 5.69 Å². The number of ether oxygens (including phenoxy) is 2. The zero-order valence-corrected chi connectivity index (χ0v) is 12.6. The van der Waals surface area contributed by atoms with Gasteiger partial charge >= 0.3 is 0 Å². The zero-order valence-electron chi connectivity index (χ0n) is 12.6. The van der Waals surface area contributed by atoms with Crippen LogP contribution in [-0.2, 0) is 4.74 Å². The summed E-state index contributed by atoms with van der Waals surface area (Å²) < 4.78 is 10.9. The molecule has 1 amide bonds. The fourth-order valence-electron chi connectivity index (χ4n) is 2.58. The molecule has 0 bridgehead atoms. The van der Waals surface area contributed by atoms with Crippen molar-refractivity contribution < 1.29 is 14.3 Å². The summed E-state index contributed by atoms with van der Waals surface area (Å²) in [7, 11) is 1.53. The van der Waals surface area contributed by atoms with Gasteiger partial charge in [0.2, 0.25) is 0 Å². The molecular formula is C16H24N2O3. The van der Waals surface area contributed by atoms with Gasteiger partial charge in [-0.3, -0.25) is 4.79 Å². The SMILES string of the molecule is COc1cc(C(=O)NCCOC2CCCCC2)ccc1N. The third-order valence-corrected chi connectivity index (χ3v) is 3.79. The van der Waals surface area contributed by atoms with E-state index in [2.05, 4.69) is 5.32 Å². The maximum atomic E-state index is 12.0. The van der Waals surface area contributed by atoms with Crippen molar-refractivity contribution >= 4 is 11.6 Å². The molecule has 1 aliphatic rings. The van der Waals surface area contributed by atoms with Crippen molar-refractivity contribution in [2.24, 2.45) is 0 Å². The molecule has 0 unspecified atom stereocenters. The first-order valence-corrected chi connectivity index (χ1v) is 7.54. The van der Waals surface area contributed by atoms with E-state index >= 15 is 0 Å². The standard InChI is InChI=1S/C16H24N2O3/c1-20-15-11-12(7-8-14(15)17)16(19)18-9-10-21-13-5-3-2-4-6-13/h7-8,11,13H,2-6,9-10,17H2,1H3,(H,18,19). The molecular weight excluding hydrogens is 268 g/mol. The predicted octanol–water partition coefficient (Wildman–Crippen LogP) is 2.36. The lowest BCUT2D eigenvalue weighted by atomic mass is 9.98. The lowest BCUT2D eigenvalue weighted by Crippen LogP contribution is -2.29. The van der Waals surface area contributed by atoms with E-state index < -0.39 is 0 Å². The van der Waals surface area contributed by atoms with Gasteiger partial charge in [0, 0.05) is 12.1 Å². The van der Waals surface area contributed by atoms with Gasteiger partial charge in [-0.25, -0.2) is 0 Å². The molecule has 116 valence electrons. The molecule has 0 aromatic heterocycles. The highest BCUT2D eigenvalue weighted by Crippen LogP contribution is 2.22. The van der Waals surface area contributed by atoms with Crippen LogP contribution in [0.25, 0.3) is 0 Å². The molecule has 0 aliphatic heterocycles. The van der Waals surface area contributed by atoms with Gasteiger partial charge in [0.1, 0.15) is 5.75 Å². The van der Waals surface area contributed by atoms with Crippen LogP contribution in [0.3, 0.4) is 0 Å². The summed E-state index contributed by atoms with van der Waals surface area (Å²) in [6.45, 7) is 1.07. The summed E-state index contributed by atoms with van der Waals surface area (Å²) in [5, 5.41) is 2.85. The lowest BCUT2D eigenvalue weighted by Gasteiger charge is -2.22. The lowest BCUT2D eigenvalue weighted by molar-refractivity contribution is 0.0299. The van der Waals surface area contributed by atoms with E-state index in [9.17, 15) is 4.79 Å². The summed E-state index contributed by atoms with van der Waals surface area (Å²) in [4.78, 5) is 12.0. The third-order valence-electron chi connectivity index (χ3n) is 3.79. The quantitative estimate of drug-likeness (QED) is 0.623. The van der Waals surface area contributed by atoms with Crippen molar-refractivity contribution in [2.45, 2.75) is 38.2 Å². The molecule has 5 heteroatoms. The van der Waals surface area contributed by atoms with E-state index in [4.69, 9.17) is 15.2 Å². The fourth-order valence-corrected chi connectivity index (χ4v) is 2.58. The maximum absolute atomic E-state index is 12.0. The summed E-state index contributed by atoms with van der Waals surface area (Å²) in [5.74, 6) is 0.377. The van der Waals surface area contributed by atoms with Crippen molar-refractivity contribution in [3.8, 4) is 5.75 Å². The predicted molar refractivity (Wildman–Crippen MR) is 82.6 cm³/mol. The van der Waals surface area contributed by atoms with Crippen molar-refractivity contribution in [3.63, 3.8) is 0 Å². The Balaban J connectivity index is 1.74. The normalized spacial score (nSPS) is 15.7. The number of carbonyl (C=O) groups is 1. The smallest absolute Gasteiger partial charge is 0.251 e. The van der Waals surface area contributed by atoms with Gasteiger partial charge in [0.05, 0.1) is 25.5 Å². The molecule has 5 nitrogen and oxygen atoms in total. The van der Waals surface area contributed by atoms with Gasteiger partial charge < -0.3 is 20.5 Å². The first kappa shape index (κ1) is 15.6. The summed E-state index contributed by atoms with van der Waals surface area (Å²) in [6.07, 6.45) is 6.47. The van der Waals surface area contributed by atoms with E-state index in [1.165, 1.54) is 26.4 Å².